The molecule has 6 rings (SSSR count). The van der Waals surface area contributed by atoms with E-state index in [1.165, 1.54) is 90.0 Å². The molecule has 0 amide bonds. The molecule has 0 spiro atoms. The van der Waals surface area contributed by atoms with E-state index in [-0.39, 0.29) is 0 Å². The highest BCUT2D eigenvalue weighted by atomic mass is 28.2. The van der Waals surface area contributed by atoms with E-state index < -0.39 is 0 Å². The van der Waals surface area contributed by atoms with E-state index in [0.29, 0.717) is 35.5 Å². The molecule has 0 saturated carbocycles. The molecule has 1 heteroatoms. The Morgan fingerprint density at radius 2 is 0.830 bits per heavy atom. The van der Waals surface area contributed by atoms with Gasteiger partial charge in [0.05, 0.1) is 0 Å². The summed E-state index contributed by atoms with van der Waals surface area (Å²) in [5.41, 5.74) is 20.3. The molecule has 0 bridgehead atoms. The Balaban J connectivity index is 1.23. The summed E-state index contributed by atoms with van der Waals surface area (Å²) in [4.78, 5) is 0. The Bertz CT molecular complexity index is 1660. The topological polar surface area (TPSA) is 0 Å². The second-order valence-electron chi connectivity index (χ2n) is 15.6. The van der Waals surface area contributed by atoms with Crippen LogP contribution in [0.4, 0.5) is 0 Å². The van der Waals surface area contributed by atoms with Gasteiger partial charge in [0.25, 0.3) is 0 Å². The fraction of sp³-hybridized carbons (Fsp3) is 0.391. The minimum Gasteiger partial charge on any atom is -0.0655 e. The summed E-state index contributed by atoms with van der Waals surface area (Å²) in [5.74, 6) is 3.12. The van der Waals surface area contributed by atoms with Crippen LogP contribution in [0.25, 0.3) is 34.4 Å². The third-order valence-electron chi connectivity index (χ3n) is 10.8. The first-order chi connectivity index (χ1) is 22.4. The smallest absolute Gasteiger partial charge is 0.0397 e. The van der Waals surface area contributed by atoms with Gasteiger partial charge in [-0.1, -0.05) is 164 Å². The van der Waals surface area contributed by atoms with Crippen molar-refractivity contribution in [3.8, 4) is 22.3 Å². The van der Waals surface area contributed by atoms with Crippen molar-refractivity contribution in [3.05, 3.63) is 128 Å². The monoisotopic (exact) mass is 634 g/mol. The molecule has 0 N–H and O–H groups in total. The lowest BCUT2D eigenvalue weighted by Gasteiger charge is -2.20. The largest absolute Gasteiger partial charge is 0.0655 e. The Kier molecular flexibility index (Phi) is 9.68. The average molecular weight is 635 g/mol. The molecule has 47 heavy (non-hydrogen) atoms. The summed E-state index contributed by atoms with van der Waals surface area (Å²) >= 11 is 0. The predicted molar refractivity (Wildman–Crippen MR) is 208 cm³/mol. The minimum atomic E-state index is 0.519. The molecule has 2 unspecified atom stereocenters. The first kappa shape index (κ1) is 33.5. The van der Waals surface area contributed by atoms with Gasteiger partial charge in [-0.05, 0) is 104 Å². The predicted octanol–water partition coefficient (Wildman–Crippen LogP) is 13.8. The van der Waals surface area contributed by atoms with Crippen molar-refractivity contribution < 1.29 is 0 Å². The van der Waals surface area contributed by atoms with Crippen molar-refractivity contribution >= 4 is 21.7 Å². The molecule has 4 aromatic rings. The van der Waals surface area contributed by atoms with Crippen LogP contribution in [0.1, 0.15) is 149 Å². The van der Waals surface area contributed by atoms with E-state index in [9.17, 15) is 0 Å². The molecular formula is C46H54Si. The zero-order valence-corrected chi connectivity index (χ0v) is 31.5. The van der Waals surface area contributed by atoms with Gasteiger partial charge < -0.3 is 0 Å². The van der Waals surface area contributed by atoms with Gasteiger partial charge in [-0.3, -0.25) is 0 Å². The maximum Gasteiger partial charge on any atom is 0.0397 e. The van der Waals surface area contributed by atoms with Crippen LogP contribution in [-0.2, 0) is 0 Å². The summed E-state index contributed by atoms with van der Waals surface area (Å²) in [5, 5.41) is 0. The Labute approximate surface area is 288 Å². The van der Waals surface area contributed by atoms with Gasteiger partial charge in [0.1, 0.15) is 0 Å². The lowest BCUT2D eigenvalue weighted by atomic mass is 9.88. The molecule has 0 heterocycles. The third-order valence-corrected chi connectivity index (χ3v) is 12.2. The van der Waals surface area contributed by atoms with Crippen molar-refractivity contribution in [1.82, 2.24) is 0 Å². The SMILES string of the molecule is CC1=Cc2c(-c3cc(C(C)C)cc(C(C)C)c3)cccc2C1C[Si]CC1C(C)=Cc2c(-c3cc(C(C)C)cc(C(C)C)c3)cccc21. The summed E-state index contributed by atoms with van der Waals surface area (Å²) in [6, 6.07) is 31.1. The van der Waals surface area contributed by atoms with Crippen LogP contribution >= 0.6 is 0 Å². The highest BCUT2D eigenvalue weighted by Crippen LogP contribution is 2.46. The van der Waals surface area contributed by atoms with Crippen LogP contribution in [0.2, 0.25) is 12.1 Å². The van der Waals surface area contributed by atoms with E-state index in [0.717, 1.165) is 9.52 Å². The van der Waals surface area contributed by atoms with Crippen molar-refractivity contribution in [1.29, 1.82) is 0 Å². The molecule has 0 aliphatic heterocycles. The molecule has 0 fully saturated rings. The van der Waals surface area contributed by atoms with Crippen LogP contribution in [0.5, 0.6) is 0 Å². The lowest BCUT2D eigenvalue weighted by molar-refractivity contribution is 0.834. The molecule has 2 atom stereocenters. The fourth-order valence-corrected chi connectivity index (χ4v) is 9.49. The van der Waals surface area contributed by atoms with Crippen LogP contribution in [0, 0.1) is 0 Å². The highest BCUT2D eigenvalue weighted by Gasteiger charge is 2.28. The van der Waals surface area contributed by atoms with Crippen LogP contribution in [0.3, 0.4) is 0 Å². The molecule has 242 valence electrons. The summed E-state index contributed by atoms with van der Waals surface area (Å²) in [6.07, 6.45) is 4.99. The number of hydrogen-bond donors (Lipinski definition) is 0. The Hall–Kier alpha value is -3.42. The van der Waals surface area contributed by atoms with Crippen molar-refractivity contribution in [2.75, 3.05) is 0 Å². The minimum absolute atomic E-state index is 0.519. The number of hydrogen-bond acceptors (Lipinski definition) is 0. The summed E-state index contributed by atoms with van der Waals surface area (Å²) in [6.45, 7) is 23.2. The molecule has 4 aromatic carbocycles. The third kappa shape index (κ3) is 6.66. The number of rotatable bonds is 10. The summed E-state index contributed by atoms with van der Waals surface area (Å²) in [7, 11) is 0.919. The quantitative estimate of drug-likeness (QED) is 0.152. The first-order valence-corrected chi connectivity index (χ1v) is 19.5. The average Bonchev–Trinajstić information content (AvgIpc) is 3.54. The maximum absolute atomic E-state index is 2.50. The van der Waals surface area contributed by atoms with Gasteiger partial charge in [0, 0.05) is 21.4 Å². The number of benzene rings is 4. The number of allylic oxidation sites excluding steroid dienone is 2. The molecule has 0 aromatic heterocycles. The maximum atomic E-state index is 2.50. The molecule has 0 saturated heterocycles. The van der Waals surface area contributed by atoms with Crippen molar-refractivity contribution in [2.45, 2.75) is 117 Å². The first-order valence-electron chi connectivity index (χ1n) is 18.1. The van der Waals surface area contributed by atoms with Crippen LogP contribution in [-0.4, -0.2) is 9.52 Å². The molecule has 2 aliphatic rings. The van der Waals surface area contributed by atoms with Gasteiger partial charge in [0.2, 0.25) is 0 Å². The van der Waals surface area contributed by atoms with Crippen LogP contribution < -0.4 is 0 Å². The van der Waals surface area contributed by atoms with Gasteiger partial charge >= 0.3 is 0 Å². The van der Waals surface area contributed by atoms with Gasteiger partial charge in [-0.2, -0.15) is 0 Å². The standard InChI is InChI=1S/C46H54Si/c1-27(2)33-19-34(28(3)4)22-37(21-33)39-13-11-15-41-43(39)17-31(9)45(41)25-47-26-46-32(10)18-44-40(14-12-16-42(44)46)38-23-35(29(5)6)20-36(24-38)30(7)8/h11-24,27-30,45-46H,25-26H2,1-10H3. The van der Waals surface area contributed by atoms with E-state index in [2.05, 4.69) is 154 Å². The zero-order valence-electron chi connectivity index (χ0n) is 30.5. The molecular weight excluding hydrogens is 581 g/mol. The van der Waals surface area contributed by atoms with E-state index >= 15 is 0 Å². The second kappa shape index (κ2) is 13.6. The zero-order chi connectivity index (χ0) is 33.6. The molecule has 0 nitrogen and oxygen atoms in total. The normalized spacial score (nSPS) is 17.1. The lowest BCUT2D eigenvalue weighted by Crippen LogP contribution is -2.07. The molecule has 2 radical (unpaired) electrons. The Morgan fingerprint density at radius 3 is 1.15 bits per heavy atom. The highest BCUT2D eigenvalue weighted by molar-refractivity contribution is 6.36. The van der Waals surface area contributed by atoms with E-state index in [1.54, 1.807) is 0 Å². The van der Waals surface area contributed by atoms with E-state index in [4.69, 9.17) is 0 Å². The van der Waals surface area contributed by atoms with Gasteiger partial charge in [0.15, 0.2) is 0 Å². The number of fused-ring (bicyclic) bond motifs is 2. The van der Waals surface area contributed by atoms with Gasteiger partial charge in [-0.25, -0.2) is 0 Å². The van der Waals surface area contributed by atoms with Crippen LogP contribution in [0.15, 0.2) is 83.9 Å². The van der Waals surface area contributed by atoms with E-state index in [1.807, 2.05) is 0 Å². The second-order valence-corrected chi connectivity index (χ2v) is 16.9. The van der Waals surface area contributed by atoms with Crippen molar-refractivity contribution in [2.24, 2.45) is 0 Å². The van der Waals surface area contributed by atoms with Crippen molar-refractivity contribution in [3.63, 3.8) is 0 Å². The van der Waals surface area contributed by atoms with Gasteiger partial charge in [-0.15, -0.1) is 0 Å². The fourth-order valence-electron chi connectivity index (χ4n) is 7.66. The summed E-state index contributed by atoms with van der Waals surface area (Å²) < 4.78 is 0. The Morgan fingerprint density at radius 1 is 0.489 bits per heavy atom. The molecule has 2 aliphatic carbocycles.